The molecule has 1 atom stereocenters. The van der Waals surface area contributed by atoms with Crippen LogP contribution in [-0.4, -0.2) is 29.0 Å². The lowest BCUT2D eigenvalue weighted by Crippen LogP contribution is -2.48. The lowest BCUT2D eigenvalue weighted by atomic mass is 9.80. The lowest BCUT2D eigenvalue weighted by molar-refractivity contribution is -0.0706. The normalized spacial score (nSPS) is 18.2. The average Bonchev–Trinajstić information content (AvgIpc) is 2.97. The van der Waals surface area contributed by atoms with Gasteiger partial charge < -0.3 is 10.1 Å². The molecule has 1 saturated carbocycles. The Kier molecular flexibility index (Phi) is 4.08. The molecule has 1 N–H and O–H groups in total. The number of ether oxygens (including phenoxy) is 1. The summed E-state index contributed by atoms with van der Waals surface area (Å²) in [6.07, 6.45) is 7.62. The molecule has 1 aromatic carbocycles. The molecule has 0 radical (unpaired) electrons. The molecule has 0 amide bonds. The van der Waals surface area contributed by atoms with Gasteiger partial charge in [-0.2, -0.15) is 5.10 Å². The molecule has 3 rings (SSSR count). The second-order valence-corrected chi connectivity index (χ2v) is 5.90. The summed E-state index contributed by atoms with van der Waals surface area (Å²) in [6.45, 7) is 3.08. The van der Waals surface area contributed by atoms with E-state index in [2.05, 4.69) is 35.7 Å². The van der Waals surface area contributed by atoms with Crippen molar-refractivity contribution in [1.29, 1.82) is 0 Å². The second kappa shape index (κ2) is 6.00. The quantitative estimate of drug-likeness (QED) is 0.886. The van der Waals surface area contributed by atoms with E-state index in [1.807, 2.05) is 36.2 Å². The predicted octanol–water partition coefficient (Wildman–Crippen LogP) is 3.09. The van der Waals surface area contributed by atoms with Crippen molar-refractivity contribution in [3.8, 4) is 5.69 Å². The van der Waals surface area contributed by atoms with Crippen LogP contribution in [0.4, 0.5) is 0 Å². The highest BCUT2D eigenvalue weighted by Gasteiger charge is 2.36. The monoisotopic (exact) mass is 285 g/mol. The molecular formula is C17H23N3O. The van der Waals surface area contributed by atoms with Gasteiger partial charge in [-0.15, -0.1) is 0 Å². The molecule has 4 nitrogen and oxygen atoms in total. The Morgan fingerprint density at radius 2 is 2.10 bits per heavy atom. The molecule has 0 aliphatic heterocycles. The van der Waals surface area contributed by atoms with Crippen molar-refractivity contribution in [2.75, 3.05) is 13.7 Å². The molecule has 2 aromatic rings. The minimum absolute atomic E-state index is 0.0592. The van der Waals surface area contributed by atoms with Crippen LogP contribution in [0.25, 0.3) is 5.69 Å². The van der Waals surface area contributed by atoms with Gasteiger partial charge in [0.2, 0.25) is 0 Å². The van der Waals surface area contributed by atoms with E-state index in [1.54, 1.807) is 0 Å². The van der Waals surface area contributed by atoms with E-state index in [0.717, 1.165) is 25.1 Å². The highest BCUT2D eigenvalue weighted by molar-refractivity contribution is 5.31. The number of aromatic nitrogens is 2. The zero-order valence-corrected chi connectivity index (χ0v) is 12.7. The van der Waals surface area contributed by atoms with Gasteiger partial charge >= 0.3 is 0 Å². The number of hydrogen-bond acceptors (Lipinski definition) is 3. The van der Waals surface area contributed by atoms with Gasteiger partial charge in [0.1, 0.15) is 0 Å². The highest BCUT2D eigenvalue weighted by Crippen LogP contribution is 2.34. The topological polar surface area (TPSA) is 39.1 Å². The van der Waals surface area contributed by atoms with Crippen LogP contribution in [0.15, 0.2) is 42.7 Å². The summed E-state index contributed by atoms with van der Waals surface area (Å²) in [4.78, 5) is 0. The van der Waals surface area contributed by atoms with Crippen LogP contribution in [0.2, 0.25) is 0 Å². The summed E-state index contributed by atoms with van der Waals surface area (Å²) < 4.78 is 7.57. The number of hydrogen-bond donors (Lipinski definition) is 1. The molecule has 0 bridgehead atoms. The molecule has 1 fully saturated rings. The van der Waals surface area contributed by atoms with Gasteiger partial charge in [0.25, 0.3) is 0 Å². The first-order chi connectivity index (χ1) is 10.2. The Bertz CT molecular complexity index is 569. The van der Waals surface area contributed by atoms with E-state index in [4.69, 9.17) is 4.74 Å². The molecule has 0 spiro atoms. The zero-order chi connectivity index (χ0) is 14.7. The third-order valence-electron chi connectivity index (χ3n) is 4.55. The van der Waals surface area contributed by atoms with Gasteiger partial charge in [-0.05, 0) is 38.3 Å². The first-order valence-electron chi connectivity index (χ1n) is 7.61. The summed E-state index contributed by atoms with van der Waals surface area (Å²) >= 11 is 0. The van der Waals surface area contributed by atoms with E-state index < -0.39 is 0 Å². The smallest absolute Gasteiger partial charge is 0.0802 e. The third-order valence-corrected chi connectivity index (χ3v) is 4.55. The summed E-state index contributed by atoms with van der Waals surface area (Å²) in [6, 6.07) is 10.5. The minimum atomic E-state index is 0.0592. The number of para-hydroxylation sites is 1. The Morgan fingerprint density at radius 3 is 2.71 bits per heavy atom. The fourth-order valence-corrected chi connectivity index (χ4v) is 2.76. The van der Waals surface area contributed by atoms with E-state index in [9.17, 15) is 0 Å². The van der Waals surface area contributed by atoms with Gasteiger partial charge in [-0.25, -0.2) is 4.68 Å². The molecule has 112 valence electrons. The van der Waals surface area contributed by atoms with Gasteiger partial charge in [0.15, 0.2) is 0 Å². The van der Waals surface area contributed by atoms with Crippen LogP contribution < -0.4 is 5.32 Å². The Hall–Kier alpha value is -1.65. The first-order valence-corrected chi connectivity index (χ1v) is 7.61. The minimum Gasteiger partial charge on any atom is -0.377 e. The fourth-order valence-electron chi connectivity index (χ4n) is 2.76. The summed E-state index contributed by atoms with van der Waals surface area (Å²) in [5.74, 6) is 0. The van der Waals surface area contributed by atoms with Crippen LogP contribution in [-0.2, 0) is 4.74 Å². The fraction of sp³-hybridized carbons (Fsp3) is 0.471. The van der Waals surface area contributed by atoms with Crippen molar-refractivity contribution < 1.29 is 4.74 Å². The van der Waals surface area contributed by atoms with Crippen molar-refractivity contribution in [1.82, 2.24) is 15.1 Å². The number of methoxy groups -OCH3 is 1. The summed E-state index contributed by atoms with van der Waals surface area (Å²) in [7, 11) is 1.82. The standard InChI is InChI=1S/C17H23N3O/c1-14(18-13-17(21-2)9-6-10-17)15-11-19-20(12-15)16-7-4-3-5-8-16/h3-5,7-8,11-12,14,18H,6,9-10,13H2,1-2H3. The van der Waals surface area contributed by atoms with Crippen LogP contribution in [0.1, 0.15) is 37.8 Å². The molecule has 1 aliphatic carbocycles. The van der Waals surface area contributed by atoms with Crippen LogP contribution in [0.5, 0.6) is 0 Å². The Balaban J connectivity index is 1.63. The lowest BCUT2D eigenvalue weighted by Gasteiger charge is -2.41. The predicted molar refractivity (Wildman–Crippen MR) is 83.6 cm³/mol. The maximum atomic E-state index is 5.65. The third kappa shape index (κ3) is 3.01. The molecule has 1 aromatic heterocycles. The largest absolute Gasteiger partial charge is 0.377 e. The van der Waals surface area contributed by atoms with Crippen molar-refractivity contribution in [2.24, 2.45) is 0 Å². The van der Waals surface area contributed by atoms with Crippen LogP contribution in [0.3, 0.4) is 0 Å². The number of benzene rings is 1. The molecule has 21 heavy (non-hydrogen) atoms. The number of rotatable bonds is 6. The molecule has 1 aliphatic rings. The molecule has 1 unspecified atom stereocenters. The van der Waals surface area contributed by atoms with Crippen LogP contribution >= 0.6 is 0 Å². The van der Waals surface area contributed by atoms with E-state index >= 15 is 0 Å². The molecule has 0 saturated heterocycles. The molecular weight excluding hydrogens is 262 g/mol. The van der Waals surface area contributed by atoms with E-state index in [-0.39, 0.29) is 11.6 Å². The molecule has 1 heterocycles. The van der Waals surface area contributed by atoms with Gasteiger partial charge in [-0.3, -0.25) is 0 Å². The van der Waals surface area contributed by atoms with Crippen molar-refractivity contribution in [2.45, 2.75) is 37.8 Å². The van der Waals surface area contributed by atoms with Crippen LogP contribution in [0, 0.1) is 0 Å². The summed E-state index contributed by atoms with van der Waals surface area (Å²) in [5, 5.41) is 8.03. The maximum absolute atomic E-state index is 5.65. The number of nitrogens with zero attached hydrogens (tertiary/aromatic N) is 2. The average molecular weight is 285 g/mol. The van der Waals surface area contributed by atoms with Crippen molar-refractivity contribution in [3.63, 3.8) is 0 Å². The van der Waals surface area contributed by atoms with Gasteiger partial charge in [0.05, 0.1) is 17.5 Å². The number of nitrogens with one attached hydrogen (secondary N) is 1. The highest BCUT2D eigenvalue weighted by atomic mass is 16.5. The van der Waals surface area contributed by atoms with Gasteiger partial charge in [0, 0.05) is 31.5 Å². The van der Waals surface area contributed by atoms with E-state index in [0.29, 0.717) is 0 Å². The maximum Gasteiger partial charge on any atom is 0.0802 e. The Labute approximate surface area is 126 Å². The molecule has 4 heteroatoms. The Morgan fingerprint density at radius 1 is 1.33 bits per heavy atom. The van der Waals surface area contributed by atoms with Gasteiger partial charge in [-0.1, -0.05) is 18.2 Å². The van der Waals surface area contributed by atoms with E-state index in [1.165, 1.54) is 12.0 Å². The zero-order valence-electron chi connectivity index (χ0n) is 12.7. The summed E-state index contributed by atoms with van der Waals surface area (Å²) in [5.41, 5.74) is 2.34. The SMILES string of the molecule is COC1(CNC(C)c2cnn(-c3ccccc3)c2)CCC1. The van der Waals surface area contributed by atoms with Crippen molar-refractivity contribution >= 4 is 0 Å². The first kappa shape index (κ1) is 14.3. The van der Waals surface area contributed by atoms with Crippen molar-refractivity contribution in [3.05, 3.63) is 48.3 Å². The second-order valence-electron chi connectivity index (χ2n) is 5.90.